The molecule has 0 saturated heterocycles. The summed E-state index contributed by atoms with van der Waals surface area (Å²) in [5, 5.41) is 17.8. The van der Waals surface area contributed by atoms with Crippen molar-refractivity contribution >= 4 is 17.5 Å². The van der Waals surface area contributed by atoms with E-state index in [1.807, 2.05) is 0 Å². The van der Waals surface area contributed by atoms with Gasteiger partial charge < -0.3 is 16.3 Å². The van der Waals surface area contributed by atoms with Gasteiger partial charge >= 0.3 is 5.91 Å². The van der Waals surface area contributed by atoms with Crippen LogP contribution in [0.5, 0.6) is 0 Å². The third-order valence-corrected chi connectivity index (χ3v) is 5.19. The Kier molecular flexibility index (Phi) is 5.68. The third kappa shape index (κ3) is 4.78. The van der Waals surface area contributed by atoms with Gasteiger partial charge in [-0.3, -0.25) is 14.3 Å². The lowest BCUT2D eigenvalue weighted by atomic mass is 10.1. The van der Waals surface area contributed by atoms with E-state index in [2.05, 4.69) is 10.4 Å². The Bertz CT molecular complexity index is 1030. The molecule has 3 N–H and O–H groups in total. The highest BCUT2D eigenvalue weighted by Gasteiger charge is 2.41. The summed E-state index contributed by atoms with van der Waals surface area (Å²) in [6.45, 7) is 1.79. The molecule has 8 nitrogen and oxygen atoms in total. The van der Waals surface area contributed by atoms with E-state index in [-0.39, 0.29) is 41.1 Å². The van der Waals surface area contributed by atoms with Gasteiger partial charge in [-0.05, 0) is 19.3 Å². The highest BCUT2D eigenvalue weighted by molar-refractivity contribution is 6.04. The predicted molar refractivity (Wildman–Crippen MR) is 101 cm³/mol. The molecule has 0 aliphatic heterocycles. The van der Waals surface area contributed by atoms with Crippen LogP contribution in [-0.2, 0) is 12.5 Å². The van der Waals surface area contributed by atoms with E-state index in [1.54, 1.807) is 0 Å². The van der Waals surface area contributed by atoms with Crippen LogP contribution in [0.1, 0.15) is 58.4 Å². The summed E-state index contributed by atoms with van der Waals surface area (Å²) in [5.74, 6) is -8.59. The van der Waals surface area contributed by atoms with E-state index in [0.717, 1.165) is 16.9 Å². The van der Waals surface area contributed by atoms with E-state index >= 15 is 0 Å². The minimum Gasteiger partial charge on any atom is -0.618 e. The molecule has 0 bridgehead atoms. The largest absolute Gasteiger partial charge is 0.618 e. The molecule has 168 valence electrons. The van der Waals surface area contributed by atoms with Gasteiger partial charge in [-0.25, -0.2) is 8.78 Å². The summed E-state index contributed by atoms with van der Waals surface area (Å²) in [5.41, 5.74) is 3.75. The molecule has 12 heteroatoms. The van der Waals surface area contributed by atoms with E-state index < -0.39 is 47.4 Å². The number of anilines is 1. The van der Waals surface area contributed by atoms with Crippen LogP contribution in [0.15, 0.2) is 18.3 Å². The molecular weight excluding hydrogens is 422 g/mol. The van der Waals surface area contributed by atoms with Gasteiger partial charge in [-0.15, -0.1) is 0 Å². The Morgan fingerprint density at radius 3 is 2.68 bits per heavy atom. The molecular formula is C19H21F4N5O3. The monoisotopic (exact) mass is 443 g/mol. The van der Waals surface area contributed by atoms with Crippen molar-refractivity contribution < 1.29 is 31.9 Å². The number of nitrogens with zero attached hydrogens (tertiary/aromatic N) is 3. The minimum absolute atomic E-state index is 0.0234. The van der Waals surface area contributed by atoms with E-state index in [0.29, 0.717) is 6.92 Å². The number of pyridine rings is 1. The van der Waals surface area contributed by atoms with Crippen molar-refractivity contribution in [3.63, 3.8) is 0 Å². The van der Waals surface area contributed by atoms with Gasteiger partial charge in [0.05, 0.1) is 5.69 Å². The number of nitrogens with one attached hydrogen (secondary N) is 1. The Labute approximate surface area is 174 Å². The topological polar surface area (TPSA) is 117 Å². The summed E-state index contributed by atoms with van der Waals surface area (Å²) >= 11 is 0. The molecule has 2 aromatic rings. The molecule has 2 heterocycles. The first kappa shape index (κ1) is 22.5. The fraction of sp³-hybridized carbons (Fsp3) is 0.474. The first-order valence-electron chi connectivity index (χ1n) is 9.46. The van der Waals surface area contributed by atoms with Gasteiger partial charge in [0.1, 0.15) is 11.4 Å². The van der Waals surface area contributed by atoms with Crippen molar-refractivity contribution in [1.82, 2.24) is 9.78 Å². The van der Waals surface area contributed by atoms with Crippen molar-refractivity contribution in [2.45, 2.75) is 51.5 Å². The summed E-state index contributed by atoms with van der Waals surface area (Å²) in [6.07, 6.45) is 0.390. The van der Waals surface area contributed by atoms with Crippen LogP contribution >= 0.6 is 0 Å². The number of carbonyl (C=O) groups excluding carboxylic acids is 2. The second kappa shape index (κ2) is 7.82. The lowest BCUT2D eigenvalue weighted by Crippen LogP contribution is -2.37. The smallest absolute Gasteiger partial charge is 0.314 e. The molecule has 1 aliphatic carbocycles. The van der Waals surface area contributed by atoms with Crippen LogP contribution in [-0.4, -0.2) is 27.5 Å². The van der Waals surface area contributed by atoms with Crippen molar-refractivity contribution in [3.05, 3.63) is 46.2 Å². The second-order valence-electron chi connectivity index (χ2n) is 7.80. The van der Waals surface area contributed by atoms with Crippen LogP contribution < -0.4 is 15.8 Å². The zero-order valence-corrected chi connectivity index (χ0v) is 16.8. The summed E-state index contributed by atoms with van der Waals surface area (Å²) < 4.78 is 56.4. The van der Waals surface area contributed by atoms with Crippen LogP contribution in [0.3, 0.4) is 0 Å². The molecule has 0 spiro atoms. The van der Waals surface area contributed by atoms with Gasteiger partial charge in [0, 0.05) is 44.0 Å². The maximum Gasteiger partial charge on any atom is 0.314 e. The van der Waals surface area contributed by atoms with E-state index in [1.165, 1.54) is 13.0 Å². The minimum atomic E-state index is -3.36. The summed E-state index contributed by atoms with van der Waals surface area (Å²) in [7, 11) is 0. The Hall–Kier alpha value is -3.18. The first-order chi connectivity index (χ1) is 14.3. The number of rotatable bonds is 6. The number of carbonyl (C=O) groups is 2. The molecule has 31 heavy (non-hydrogen) atoms. The average molecular weight is 443 g/mol. The molecule has 2 amide bonds. The molecule has 3 rings (SSSR count). The second-order valence-corrected chi connectivity index (χ2v) is 7.80. The standard InChI is InChI=1S/C19H21F4N5O3/c1-10-14(17(30)25-12-4-6-28(31)13(7-12)16(24)29)27(26-15(10)18(2,20)21)9-11-3-5-19(22,23)8-11/h4,6-7,11H,3,5,8-9H2,1-2H3,(H2,24,29)(H,25,30). The molecule has 1 fully saturated rings. The van der Waals surface area contributed by atoms with Gasteiger partial charge in [-0.1, -0.05) is 0 Å². The molecule has 1 unspecified atom stereocenters. The number of aromatic nitrogens is 3. The lowest BCUT2D eigenvalue weighted by molar-refractivity contribution is -0.607. The molecule has 1 aliphatic rings. The highest BCUT2D eigenvalue weighted by atomic mass is 19.3. The van der Waals surface area contributed by atoms with Crippen LogP contribution in [0, 0.1) is 18.0 Å². The number of primary amides is 1. The number of alkyl halides is 4. The number of amides is 2. The Morgan fingerprint density at radius 2 is 2.13 bits per heavy atom. The predicted octanol–water partition coefficient (Wildman–Crippen LogP) is 2.72. The number of hydrogen-bond acceptors (Lipinski definition) is 4. The van der Waals surface area contributed by atoms with Gasteiger partial charge in [0.2, 0.25) is 5.92 Å². The maximum absolute atomic E-state index is 14.0. The molecule has 1 atom stereocenters. The number of hydrogen-bond donors (Lipinski definition) is 2. The normalized spacial score (nSPS) is 18.2. The fourth-order valence-electron chi connectivity index (χ4n) is 3.77. The Balaban J connectivity index is 1.95. The van der Waals surface area contributed by atoms with Crippen LogP contribution in [0.4, 0.5) is 23.2 Å². The quantitative estimate of drug-likeness (QED) is 0.406. The van der Waals surface area contributed by atoms with Crippen molar-refractivity contribution in [1.29, 1.82) is 0 Å². The lowest BCUT2D eigenvalue weighted by Gasteiger charge is -2.14. The van der Waals surface area contributed by atoms with Gasteiger partial charge in [-0.2, -0.15) is 18.6 Å². The molecule has 1 saturated carbocycles. The van der Waals surface area contributed by atoms with Crippen molar-refractivity contribution in [2.75, 3.05) is 5.32 Å². The fourth-order valence-corrected chi connectivity index (χ4v) is 3.77. The Morgan fingerprint density at radius 1 is 1.45 bits per heavy atom. The van der Waals surface area contributed by atoms with Gasteiger partial charge in [0.15, 0.2) is 6.20 Å². The zero-order valence-electron chi connectivity index (χ0n) is 16.8. The maximum atomic E-state index is 14.0. The highest BCUT2D eigenvalue weighted by Crippen LogP contribution is 2.40. The van der Waals surface area contributed by atoms with Gasteiger partial charge in [0.25, 0.3) is 17.5 Å². The summed E-state index contributed by atoms with van der Waals surface area (Å²) in [6, 6.07) is 2.23. The van der Waals surface area contributed by atoms with Crippen LogP contribution in [0.25, 0.3) is 0 Å². The molecule has 0 radical (unpaired) electrons. The summed E-state index contributed by atoms with van der Waals surface area (Å²) in [4.78, 5) is 24.2. The van der Waals surface area contributed by atoms with E-state index in [9.17, 15) is 32.4 Å². The van der Waals surface area contributed by atoms with Crippen molar-refractivity contribution in [2.24, 2.45) is 11.7 Å². The SMILES string of the molecule is Cc1c(C(C)(F)F)nn(CC2CCC(F)(F)C2)c1C(=O)Nc1cc[n+]([O-])c(C(N)=O)c1. The first-order valence-corrected chi connectivity index (χ1v) is 9.46. The molecule has 0 aromatic carbocycles. The average Bonchev–Trinajstić information content (AvgIpc) is 3.15. The number of nitrogens with two attached hydrogens (primary N) is 1. The van der Waals surface area contributed by atoms with E-state index in [4.69, 9.17) is 5.73 Å². The number of halogens is 4. The van der Waals surface area contributed by atoms with Crippen molar-refractivity contribution in [3.8, 4) is 0 Å². The van der Waals surface area contributed by atoms with Crippen LogP contribution in [0.2, 0.25) is 0 Å². The third-order valence-electron chi connectivity index (χ3n) is 5.19. The molecule has 2 aromatic heterocycles. The zero-order chi connectivity index (χ0) is 23.1.